The van der Waals surface area contributed by atoms with Crippen molar-refractivity contribution in [3.63, 3.8) is 0 Å². The first-order valence-electron chi connectivity index (χ1n) is 5.94. The van der Waals surface area contributed by atoms with Crippen molar-refractivity contribution < 1.29 is 4.79 Å². The number of aromatic nitrogens is 2. The summed E-state index contributed by atoms with van der Waals surface area (Å²) in [5, 5.41) is 0.943. The predicted molar refractivity (Wildman–Crippen MR) is 62.9 cm³/mol. The number of carbonyl (C=O) groups is 1. The monoisotopic (exact) mass is 237 g/mol. The van der Waals surface area contributed by atoms with E-state index in [9.17, 15) is 4.79 Å². The van der Waals surface area contributed by atoms with Gasteiger partial charge in [-0.15, -0.1) is 0 Å². The number of piperidine rings is 1. The van der Waals surface area contributed by atoms with Crippen LogP contribution < -0.4 is 4.90 Å². The summed E-state index contributed by atoms with van der Waals surface area (Å²) in [6.45, 7) is 0.947. The molecule has 16 heavy (non-hydrogen) atoms. The molecule has 0 spiro atoms. The fourth-order valence-corrected chi connectivity index (χ4v) is 3.02. The summed E-state index contributed by atoms with van der Waals surface area (Å²) in [4.78, 5) is 17.7. The van der Waals surface area contributed by atoms with E-state index < -0.39 is 0 Å². The molecule has 1 atom stereocenters. The third-order valence-corrected chi connectivity index (χ3v) is 4.09. The molecule has 1 aliphatic carbocycles. The van der Waals surface area contributed by atoms with Gasteiger partial charge in [-0.3, -0.25) is 0 Å². The predicted octanol–water partition coefficient (Wildman–Crippen LogP) is 1.97. The molecule has 1 saturated heterocycles. The molecule has 1 aliphatic heterocycles. The SMILES string of the molecule is O=CC1CCCCN1c1nc(C2CC2)ns1. The average molecular weight is 237 g/mol. The summed E-state index contributed by atoms with van der Waals surface area (Å²) in [6.07, 6.45) is 6.77. The Labute approximate surface area is 98.8 Å². The van der Waals surface area contributed by atoms with Crippen LogP contribution in [0, 0.1) is 0 Å². The Balaban J connectivity index is 1.79. The third-order valence-electron chi connectivity index (χ3n) is 3.33. The van der Waals surface area contributed by atoms with Crippen LogP contribution in [0.5, 0.6) is 0 Å². The van der Waals surface area contributed by atoms with E-state index in [4.69, 9.17) is 0 Å². The topological polar surface area (TPSA) is 46.1 Å². The fourth-order valence-electron chi connectivity index (χ4n) is 2.19. The summed E-state index contributed by atoms with van der Waals surface area (Å²) >= 11 is 1.45. The van der Waals surface area contributed by atoms with Crippen LogP contribution in [0.25, 0.3) is 0 Å². The van der Waals surface area contributed by atoms with Crippen LogP contribution in [0.3, 0.4) is 0 Å². The Morgan fingerprint density at radius 1 is 1.31 bits per heavy atom. The van der Waals surface area contributed by atoms with Gasteiger partial charge < -0.3 is 9.69 Å². The Kier molecular flexibility index (Phi) is 2.63. The van der Waals surface area contributed by atoms with Crippen molar-refractivity contribution in [3.8, 4) is 0 Å². The van der Waals surface area contributed by atoms with Gasteiger partial charge >= 0.3 is 0 Å². The molecular formula is C11H15N3OS. The molecule has 2 fully saturated rings. The molecule has 4 nitrogen and oxygen atoms in total. The first kappa shape index (κ1) is 10.2. The van der Waals surface area contributed by atoms with Gasteiger partial charge in [-0.2, -0.15) is 4.37 Å². The van der Waals surface area contributed by atoms with E-state index in [1.165, 1.54) is 24.4 Å². The number of hydrogen-bond acceptors (Lipinski definition) is 5. The summed E-state index contributed by atoms with van der Waals surface area (Å²) in [5.74, 6) is 1.60. The highest BCUT2D eigenvalue weighted by Gasteiger charge is 2.30. The lowest BCUT2D eigenvalue weighted by atomic mass is 10.0. The lowest BCUT2D eigenvalue weighted by molar-refractivity contribution is -0.109. The summed E-state index contributed by atoms with van der Waals surface area (Å²) in [6, 6.07) is 0.0220. The standard InChI is InChI=1S/C11H15N3OS/c15-7-9-3-1-2-6-14(9)11-12-10(13-16-11)8-4-5-8/h7-9H,1-6H2. The first-order chi connectivity index (χ1) is 7.88. The summed E-state index contributed by atoms with van der Waals surface area (Å²) in [5.41, 5.74) is 0. The van der Waals surface area contributed by atoms with Gasteiger partial charge in [0.2, 0.25) is 5.13 Å². The largest absolute Gasteiger partial charge is 0.337 e. The molecule has 1 aromatic heterocycles. The second-order valence-electron chi connectivity index (χ2n) is 4.60. The molecule has 0 N–H and O–H groups in total. The maximum Gasteiger partial charge on any atom is 0.205 e. The van der Waals surface area contributed by atoms with Gasteiger partial charge in [0.05, 0.1) is 6.04 Å². The smallest absolute Gasteiger partial charge is 0.205 e. The van der Waals surface area contributed by atoms with E-state index in [1.54, 1.807) is 0 Å². The van der Waals surface area contributed by atoms with Crippen molar-refractivity contribution in [3.05, 3.63) is 5.82 Å². The Morgan fingerprint density at radius 2 is 2.19 bits per heavy atom. The number of carbonyl (C=O) groups excluding carboxylic acids is 1. The molecule has 0 radical (unpaired) electrons. The molecule has 0 aromatic carbocycles. The van der Waals surface area contributed by atoms with Crippen LogP contribution in [0.2, 0.25) is 0 Å². The van der Waals surface area contributed by atoms with Crippen LogP contribution in [0.1, 0.15) is 43.8 Å². The zero-order chi connectivity index (χ0) is 11.0. The van der Waals surface area contributed by atoms with Crippen molar-refractivity contribution >= 4 is 23.0 Å². The van der Waals surface area contributed by atoms with Crippen molar-refractivity contribution in [2.75, 3.05) is 11.4 Å². The Hall–Kier alpha value is -0.970. The molecule has 5 heteroatoms. The van der Waals surface area contributed by atoms with Gasteiger partial charge in [0.1, 0.15) is 12.1 Å². The Bertz CT molecular complexity index is 388. The van der Waals surface area contributed by atoms with Gasteiger partial charge in [-0.05, 0) is 32.1 Å². The van der Waals surface area contributed by atoms with Crippen molar-refractivity contribution in [1.29, 1.82) is 0 Å². The number of anilines is 1. The van der Waals surface area contributed by atoms with Gasteiger partial charge in [0.15, 0.2) is 0 Å². The molecule has 2 aliphatic rings. The highest BCUT2D eigenvalue weighted by atomic mass is 32.1. The minimum absolute atomic E-state index is 0.0220. The van der Waals surface area contributed by atoms with Gasteiger partial charge in [0.25, 0.3) is 0 Å². The molecular weight excluding hydrogens is 222 g/mol. The normalized spacial score (nSPS) is 25.8. The molecule has 86 valence electrons. The zero-order valence-electron chi connectivity index (χ0n) is 9.13. The quantitative estimate of drug-likeness (QED) is 0.754. The lowest BCUT2D eigenvalue weighted by Crippen LogP contribution is -2.40. The van der Waals surface area contributed by atoms with Crippen molar-refractivity contribution in [2.45, 2.75) is 44.1 Å². The van der Waals surface area contributed by atoms with Crippen molar-refractivity contribution in [1.82, 2.24) is 9.36 Å². The van der Waals surface area contributed by atoms with E-state index in [0.717, 1.165) is 43.0 Å². The second-order valence-corrected chi connectivity index (χ2v) is 5.33. The fraction of sp³-hybridized carbons (Fsp3) is 0.727. The molecule has 1 saturated carbocycles. The van der Waals surface area contributed by atoms with Crippen LogP contribution in [-0.2, 0) is 4.79 Å². The average Bonchev–Trinajstić information content (AvgIpc) is 3.07. The highest BCUT2D eigenvalue weighted by molar-refractivity contribution is 7.09. The molecule has 1 unspecified atom stereocenters. The van der Waals surface area contributed by atoms with E-state index in [2.05, 4.69) is 14.3 Å². The number of rotatable bonds is 3. The maximum absolute atomic E-state index is 11.0. The number of hydrogen-bond donors (Lipinski definition) is 0. The lowest BCUT2D eigenvalue weighted by Gasteiger charge is -2.31. The van der Waals surface area contributed by atoms with Gasteiger partial charge in [-0.25, -0.2) is 4.98 Å². The molecule has 0 bridgehead atoms. The minimum atomic E-state index is 0.0220. The molecule has 0 amide bonds. The van der Waals surface area contributed by atoms with Crippen LogP contribution in [0.15, 0.2) is 0 Å². The summed E-state index contributed by atoms with van der Waals surface area (Å²) < 4.78 is 4.40. The third kappa shape index (κ3) is 1.84. The highest BCUT2D eigenvalue weighted by Crippen LogP contribution is 2.40. The minimum Gasteiger partial charge on any atom is -0.337 e. The van der Waals surface area contributed by atoms with E-state index in [0.29, 0.717) is 5.92 Å². The van der Waals surface area contributed by atoms with Gasteiger partial charge in [0, 0.05) is 24.0 Å². The van der Waals surface area contributed by atoms with Crippen LogP contribution in [0.4, 0.5) is 5.13 Å². The summed E-state index contributed by atoms with van der Waals surface area (Å²) in [7, 11) is 0. The van der Waals surface area contributed by atoms with Crippen LogP contribution >= 0.6 is 11.5 Å². The van der Waals surface area contributed by atoms with E-state index >= 15 is 0 Å². The molecule has 3 rings (SSSR count). The number of aldehydes is 1. The Morgan fingerprint density at radius 3 is 2.94 bits per heavy atom. The number of nitrogens with zero attached hydrogens (tertiary/aromatic N) is 3. The van der Waals surface area contributed by atoms with Gasteiger partial charge in [-0.1, -0.05) is 0 Å². The second kappa shape index (κ2) is 4.13. The molecule has 1 aromatic rings. The van der Waals surface area contributed by atoms with Crippen LogP contribution in [-0.4, -0.2) is 28.2 Å². The van der Waals surface area contributed by atoms with E-state index in [1.807, 2.05) is 0 Å². The zero-order valence-corrected chi connectivity index (χ0v) is 9.95. The maximum atomic E-state index is 11.0. The molecule has 2 heterocycles. The van der Waals surface area contributed by atoms with E-state index in [-0.39, 0.29) is 6.04 Å². The first-order valence-corrected chi connectivity index (χ1v) is 6.71. The van der Waals surface area contributed by atoms with Crippen molar-refractivity contribution in [2.24, 2.45) is 0 Å².